The molecule has 0 aliphatic carbocycles. The highest BCUT2D eigenvalue weighted by molar-refractivity contribution is 6.45. The molecule has 0 aromatic rings. The first kappa shape index (κ1) is 24.2. The second kappa shape index (κ2) is 7.19. The molecular formula is C12H23B5F6N2O2. The Kier molecular flexibility index (Phi) is 6.43. The van der Waals surface area contributed by atoms with Gasteiger partial charge < -0.3 is 14.5 Å². The molecule has 1 amide bonds. The van der Waals surface area contributed by atoms with E-state index < -0.39 is 41.8 Å². The molecule has 4 nitrogen and oxygen atoms in total. The summed E-state index contributed by atoms with van der Waals surface area (Å²) in [5, 5.41) is -0.713. The Morgan fingerprint density at radius 2 is 1.37 bits per heavy atom. The molecule has 3 unspecified atom stereocenters. The maximum absolute atomic E-state index is 12.8. The van der Waals surface area contributed by atoms with Gasteiger partial charge in [0.1, 0.15) is 39.2 Å². The lowest BCUT2D eigenvalue weighted by atomic mass is 9.46. The minimum absolute atomic E-state index is 0.320. The molecule has 27 heavy (non-hydrogen) atoms. The van der Waals surface area contributed by atoms with Gasteiger partial charge in [0.15, 0.2) is 0 Å². The number of ether oxygens (including phenoxy) is 1. The first-order chi connectivity index (χ1) is 11.7. The second-order valence-electron chi connectivity index (χ2n) is 8.61. The SMILES string of the molecule is BC1C(B)N(C(C)(C)C)C(B)(B)C(B)N1C(=O)OC(C(F)(F)F)C(F)(F)F. The highest BCUT2D eigenvalue weighted by Gasteiger charge is 2.61. The summed E-state index contributed by atoms with van der Waals surface area (Å²) in [5.41, 5.74) is -0.331. The van der Waals surface area contributed by atoms with Gasteiger partial charge in [0.25, 0.3) is 6.10 Å². The van der Waals surface area contributed by atoms with Crippen molar-refractivity contribution in [2.24, 2.45) is 0 Å². The quantitative estimate of drug-likeness (QED) is 0.374. The summed E-state index contributed by atoms with van der Waals surface area (Å²) in [5.74, 6) is -1.65. The van der Waals surface area contributed by atoms with E-state index in [0.717, 1.165) is 4.90 Å². The first-order valence-electron chi connectivity index (χ1n) is 8.65. The third kappa shape index (κ3) is 4.76. The molecule has 1 aliphatic rings. The molecule has 150 valence electrons. The normalized spacial score (nSPS) is 27.6. The average molecular weight is 395 g/mol. The molecule has 1 fully saturated rings. The van der Waals surface area contributed by atoms with Crippen LogP contribution in [0.5, 0.6) is 0 Å². The molecule has 1 heterocycles. The number of halogens is 6. The first-order valence-corrected chi connectivity index (χ1v) is 8.65. The van der Waals surface area contributed by atoms with E-state index >= 15 is 0 Å². The van der Waals surface area contributed by atoms with Gasteiger partial charge in [0.2, 0.25) is 0 Å². The van der Waals surface area contributed by atoms with E-state index in [1.807, 2.05) is 20.8 Å². The fraction of sp³-hybridized carbons (Fsp3) is 0.917. The van der Waals surface area contributed by atoms with Gasteiger partial charge >= 0.3 is 18.4 Å². The molecular weight excluding hydrogens is 372 g/mol. The molecule has 0 aromatic heterocycles. The molecule has 0 aromatic carbocycles. The Bertz CT molecular complexity index is 554. The topological polar surface area (TPSA) is 32.8 Å². The fourth-order valence-corrected chi connectivity index (χ4v) is 4.15. The number of piperazine rings is 1. The number of carbonyl (C=O) groups is 1. The Morgan fingerprint density at radius 3 is 1.70 bits per heavy atom. The standard InChI is InChI=1S/C12H23B5F6N2O2/c1-9(2,3)25-5(14)4(13)24(7(15)10(25,16)17)8(26)27-6(11(18,19)20)12(21,22)23/h4-7H,13-17H2,1-3H3. The molecule has 15 heteroatoms. The number of hydrogen-bond acceptors (Lipinski definition) is 3. The predicted molar refractivity (Wildman–Crippen MR) is 103 cm³/mol. The third-order valence-corrected chi connectivity index (χ3v) is 5.35. The van der Waals surface area contributed by atoms with E-state index in [0.29, 0.717) is 0 Å². The average Bonchev–Trinajstić information content (AvgIpc) is 2.38. The van der Waals surface area contributed by atoms with Gasteiger partial charge in [-0.05, 0) is 32.1 Å². The van der Waals surface area contributed by atoms with Crippen LogP contribution in [0.1, 0.15) is 20.8 Å². The Balaban J connectivity index is 3.25. The molecule has 1 saturated heterocycles. The van der Waals surface area contributed by atoms with E-state index in [-0.39, 0.29) is 11.5 Å². The third-order valence-electron chi connectivity index (χ3n) is 5.35. The number of rotatable bonds is 1. The van der Waals surface area contributed by atoms with Gasteiger partial charge in [-0.15, -0.1) is 0 Å². The van der Waals surface area contributed by atoms with Crippen LogP contribution in [0, 0.1) is 0 Å². The van der Waals surface area contributed by atoms with Gasteiger partial charge in [-0.3, -0.25) is 0 Å². The Labute approximate surface area is 159 Å². The summed E-state index contributed by atoms with van der Waals surface area (Å²) in [6.45, 7) is 5.88. The molecule has 0 saturated carbocycles. The summed E-state index contributed by atoms with van der Waals surface area (Å²) in [6.07, 6.45) is -17.3. The largest absolute Gasteiger partial charge is 0.434 e. The summed E-state index contributed by atoms with van der Waals surface area (Å²) < 4.78 is 80.5. The van der Waals surface area contributed by atoms with Crippen molar-refractivity contribution in [3.8, 4) is 0 Å². The zero-order chi connectivity index (χ0) is 21.7. The van der Waals surface area contributed by atoms with Crippen LogP contribution in [-0.2, 0) is 4.74 Å². The van der Waals surface area contributed by atoms with E-state index in [2.05, 4.69) is 9.64 Å². The minimum Gasteiger partial charge on any atom is -0.426 e. The summed E-state index contributed by atoms with van der Waals surface area (Å²) in [4.78, 5) is 15.5. The summed E-state index contributed by atoms with van der Waals surface area (Å²) >= 11 is 0. The van der Waals surface area contributed by atoms with Crippen molar-refractivity contribution in [3.63, 3.8) is 0 Å². The van der Waals surface area contributed by atoms with Crippen molar-refractivity contribution in [2.75, 3.05) is 0 Å². The number of alkyl halides is 6. The van der Waals surface area contributed by atoms with E-state index in [4.69, 9.17) is 0 Å². The lowest BCUT2D eigenvalue weighted by Crippen LogP contribution is -2.80. The minimum atomic E-state index is -5.74. The second-order valence-corrected chi connectivity index (χ2v) is 8.61. The number of hydrogen-bond donors (Lipinski definition) is 0. The predicted octanol–water partition coefficient (Wildman–Crippen LogP) is -2.17. The Hall–Kier alpha value is -0.865. The molecule has 0 bridgehead atoms. The van der Waals surface area contributed by atoms with Crippen molar-refractivity contribution >= 4 is 45.3 Å². The van der Waals surface area contributed by atoms with Crippen LogP contribution < -0.4 is 0 Å². The molecule has 0 radical (unpaired) electrons. The van der Waals surface area contributed by atoms with Gasteiger partial charge in [-0.2, -0.15) is 26.3 Å². The lowest BCUT2D eigenvalue weighted by Gasteiger charge is -2.63. The van der Waals surface area contributed by atoms with Crippen LogP contribution in [0.2, 0.25) is 0 Å². The Morgan fingerprint density at radius 1 is 0.963 bits per heavy atom. The van der Waals surface area contributed by atoms with Crippen LogP contribution in [0.4, 0.5) is 31.1 Å². The van der Waals surface area contributed by atoms with Gasteiger partial charge in [0.05, 0.1) is 0 Å². The van der Waals surface area contributed by atoms with E-state index in [9.17, 15) is 31.1 Å². The molecule has 3 atom stereocenters. The van der Waals surface area contributed by atoms with Crippen molar-refractivity contribution in [1.82, 2.24) is 9.80 Å². The fourth-order valence-electron chi connectivity index (χ4n) is 4.15. The lowest BCUT2D eigenvalue weighted by molar-refractivity contribution is -0.309. The van der Waals surface area contributed by atoms with Crippen LogP contribution in [0.15, 0.2) is 0 Å². The van der Waals surface area contributed by atoms with E-state index in [1.165, 1.54) is 0 Å². The molecule has 0 N–H and O–H groups in total. The highest BCUT2D eigenvalue weighted by Crippen LogP contribution is 2.38. The number of amides is 1. The molecule has 1 rings (SSSR count). The van der Waals surface area contributed by atoms with Gasteiger partial charge in [-0.1, -0.05) is 0 Å². The van der Waals surface area contributed by atoms with Crippen LogP contribution >= 0.6 is 0 Å². The summed E-state index contributed by atoms with van der Waals surface area (Å²) in [6, 6.07) is 0. The zero-order valence-corrected chi connectivity index (χ0v) is 16.8. The van der Waals surface area contributed by atoms with Crippen molar-refractivity contribution in [3.05, 3.63) is 0 Å². The van der Waals surface area contributed by atoms with Gasteiger partial charge in [-0.25, -0.2) is 4.79 Å². The number of nitrogens with zero attached hydrogens (tertiary/aromatic N) is 2. The smallest absolute Gasteiger partial charge is 0.426 e. The van der Waals surface area contributed by atoms with Crippen molar-refractivity contribution in [1.29, 1.82) is 0 Å². The highest BCUT2D eigenvalue weighted by atomic mass is 19.4. The maximum Gasteiger partial charge on any atom is 0.434 e. The number of carbonyl (C=O) groups excluding carboxylic acids is 1. The van der Waals surface area contributed by atoms with Crippen LogP contribution in [-0.4, -0.2) is 102 Å². The van der Waals surface area contributed by atoms with Gasteiger partial charge in [0, 0.05) is 17.4 Å². The molecule has 1 aliphatic heterocycles. The summed E-state index contributed by atoms with van der Waals surface area (Å²) in [7, 11) is 8.58. The van der Waals surface area contributed by atoms with Crippen LogP contribution in [0.3, 0.4) is 0 Å². The monoisotopic (exact) mass is 396 g/mol. The van der Waals surface area contributed by atoms with Crippen LogP contribution in [0.25, 0.3) is 0 Å². The van der Waals surface area contributed by atoms with Crippen molar-refractivity contribution in [2.45, 2.75) is 67.9 Å². The maximum atomic E-state index is 12.8. The van der Waals surface area contributed by atoms with E-state index in [1.54, 1.807) is 39.2 Å². The van der Waals surface area contributed by atoms with Crippen molar-refractivity contribution < 1.29 is 35.9 Å². The zero-order valence-electron chi connectivity index (χ0n) is 16.8. The molecule has 0 spiro atoms.